The fourth-order valence-corrected chi connectivity index (χ4v) is 9.39. The van der Waals surface area contributed by atoms with E-state index in [1.807, 2.05) is 22.2 Å². The van der Waals surface area contributed by atoms with Gasteiger partial charge in [0.25, 0.3) is 0 Å². The molecular formula is C48H66N8O12. The van der Waals surface area contributed by atoms with Crippen LogP contribution in [0.4, 0.5) is 11.4 Å². The summed E-state index contributed by atoms with van der Waals surface area (Å²) in [4.78, 5) is 54.0. The molecule has 4 aromatic rings. The maximum atomic E-state index is 12.8. The molecule has 2 aliphatic rings. The van der Waals surface area contributed by atoms with Gasteiger partial charge in [-0.1, -0.05) is 38.1 Å². The molecule has 6 rings (SSSR count). The molecule has 6 atom stereocenters. The van der Waals surface area contributed by atoms with Gasteiger partial charge in [-0.15, -0.1) is 10.2 Å². The zero-order valence-electron chi connectivity index (χ0n) is 40.5. The SMILES string of the molecule is CC[C@H]1[C@@H](C)C(n2cc(COCCOCCOCCOCCOCCOCc3cn(C4c5cc(C(=O)OC)ccc5N(C(C)=O)[C@@H](CC)[C@H]4C)nn3)nn2)c2cc(C(=O)OC)ccc2N1C(C)=O. The van der Waals surface area contributed by atoms with E-state index in [1.54, 1.807) is 59.6 Å². The molecule has 0 saturated carbocycles. The first-order chi connectivity index (χ1) is 32.9. The van der Waals surface area contributed by atoms with Crippen LogP contribution < -0.4 is 9.80 Å². The van der Waals surface area contributed by atoms with Gasteiger partial charge in [-0.05, 0) is 49.2 Å². The van der Waals surface area contributed by atoms with Gasteiger partial charge in [0.1, 0.15) is 11.4 Å². The Morgan fingerprint density at radius 3 is 1.18 bits per heavy atom. The summed E-state index contributed by atoms with van der Waals surface area (Å²) in [6.07, 6.45) is 5.19. The summed E-state index contributed by atoms with van der Waals surface area (Å²) in [5.41, 5.74) is 5.20. The molecule has 0 N–H and O–H groups in total. The lowest BCUT2D eigenvalue weighted by Gasteiger charge is -2.44. The number of rotatable bonds is 25. The molecule has 2 unspecified atom stereocenters. The fraction of sp³-hybridized carbons (Fsp3) is 0.583. The van der Waals surface area contributed by atoms with E-state index in [0.717, 1.165) is 35.3 Å². The average molecular weight is 947 g/mol. The minimum absolute atomic E-state index is 0.0213. The number of hydrogen-bond acceptors (Lipinski definition) is 16. The second kappa shape index (κ2) is 25.1. The van der Waals surface area contributed by atoms with E-state index in [4.69, 9.17) is 37.9 Å². The van der Waals surface area contributed by atoms with Gasteiger partial charge in [-0.3, -0.25) is 9.59 Å². The Morgan fingerprint density at radius 2 is 0.868 bits per heavy atom. The first kappa shape index (κ1) is 51.7. The summed E-state index contributed by atoms with van der Waals surface area (Å²) in [5, 5.41) is 17.6. The van der Waals surface area contributed by atoms with Crippen molar-refractivity contribution >= 4 is 35.1 Å². The van der Waals surface area contributed by atoms with Gasteiger partial charge in [0.15, 0.2) is 0 Å². The monoisotopic (exact) mass is 946 g/mol. The van der Waals surface area contributed by atoms with Gasteiger partial charge in [0.2, 0.25) is 11.8 Å². The first-order valence-corrected chi connectivity index (χ1v) is 23.3. The van der Waals surface area contributed by atoms with Gasteiger partial charge in [-0.25, -0.2) is 19.0 Å². The third-order valence-corrected chi connectivity index (χ3v) is 12.5. The van der Waals surface area contributed by atoms with Gasteiger partial charge >= 0.3 is 11.9 Å². The van der Waals surface area contributed by atoms with Crippen LogP contribution in [0.3, 0.4) is 0 Å². The first-order valence-electron chi connectivity index (χ1n) is 23.3. The Bertz CT molecular complexity index is 2140. The predicted octanol–water partition coefficient (Wildman–Crippen LogP) is 4.98. The molecule has 0 fully saturated rings. The number of anilines is 2. The van der Waals surface area contributed by atoms with E-state index < -0.39 is 11.9 Å². The van der Waals surface area contributed by atoms with Crippen LogP contribution >= 0.6 is 0 Å². The Morgan fingerprint density at radius 1 is 0.529 bits per heavy atom. The van der Waals surface area contributed by atoms with Crippen molar-refractivity contribution in [3.63, 3.8) is 0 Å². The minimum atomic E-state index is -0.452. The molecule has 0 radical (unpaired) electrons. The van der Waals surface area contributed by atoms with Crippen LogP contribution in [0.5, 0.6) is 0 Å². The average Bonchev–Trinajstić information content (AvgIpc) is 4.01. The highest BCUT2D eigenvalue weighted by Crippen LogP contribution is 2.45. The number of hydrogen-bond donors (Lipinski definition) is 0. The smallest absolute Gasteiger partial charge is 0.337 e. The molecular weight excluding hydrogens is 881 g/mol. The van der Waals surface area contributed by atoms with Gasteiger partial charge in [0.05, 0.1) is 129 Å². The van der Waals surface area contributed by atoms with Crippen molar-refractivity contribution in [1.29, 1.82) is 0 Å². The second-order valence-corrected chi connectivity index (χ2v) is 16.8. The number of fused-ring (bicyclic) bond motifs is 2. The summed E-state index contributed by atoms with van der Waals surface area (Å²) in [6.45, 7) is 15.9. The number of aromatic nitrogens is 6. The molecule has 20 nitrogen and oxygen atoms in total. The van der Waals surface area contributed by atoms with Crippen LogP contribution in [0.1, 0.15) is 110 Å². The van der Waals surface area contributed by atoms with Crippen LogP contribution in [-0.2, 0) is 60.7 Å². The van der Waals surface area contributed by atoms with Crippen molar-refractivity contribution in [2.75, 3.05) is 90.1 Å². The molecule has 0 spiro atoms. The molecule has 20 heteroatoms. The van der Waals surface area contributed by atoms with Crippen LogP contribution in [0.15, 0.2) is 48.8 Å². The Kier molecular flexibility index (Phi) is 19.1. The van der Waals surface area contributed by atoms with Gasteiger partial charge in [-0.2, -0.15) is 0 Å². The number of carbonyl (C=O) groups is 4. The quantitative estimate of drug-likeness (QED) is 0.0633. The molecule has 0 saturated heterocycles. The lowest BCUT2D eigenvalue weighted by molar-refractivity contribution is -0.118. The molecule has 2 amide bonds. The lowest BCUT2D eigenvalue weighted by Crippen LogP contribution is -2.49. The molecule has 2 aromatic heterocycles. The number of benzene rings is 2. The largest absolute Gasteiger partial charge is 0.465 e. The standard InChI is InChI=1S/C48H66N8O12/c1-9-41-31(3)45(39-25-35(47(59)61-7)11-13-43(39)55(41)33(5)57)53-27-37(49-51-53)29-67-23-21-65-19-17-63-15-16-64-18-20-66-22-24-68-30-38-28-54(52-50-38)46-32(4)42(10-2)56(34(6)58)44-14-12-36(26-40(44)46)48(60)62-8/h11-14,25-28,31-32,41-42,45-46H,9-10,15-24,29-30H2,1-8H3/t31-,32-,41+,42+,45?,46?/m1/s1. The number of methoxy groups -OCH3 is 2. The molecule has 370 valence electrons. The van der Waals surface area contributed by atoms with Gasteiger partial charge < -0.3 is 47.7 Å². The normalized spacial score (nSPS) is 19.9. The van der Waals surface area contributed by atoms with E-state index in [2.05, 4.69) is 48.3 Å². The van der Waals surface area contributed by atoms with Crippen LogP contribution in [0.2, 0.25) is 0 Å². The van der Waals surface area contributed by atoms with E-state index in [0.29, 0.717) is 88.6 Å². The summed E-state index contributed by atoms with van der Waals surface area (Å²) < 4.78 is 47.6. The molecule has 68 heavy (non-hydrogen) atoms. The molecule has 2 aliphatic heterocycles. The van der Waals surface area contributed by atoms with Crippen molar-refractivity contribution in [2.24, 2.45) is 11.8 Å². The topological polar surface area (TPSA) is 210 Å². The molecule has 4 heterocycles. The summed E-state index contributed by atoms with van der Waals surface area (Å²) >= 11 is 0. The third kappa shape index (κ3) is 12.3. The maximum Gasteiger partial charge on any atom is 0.337 e. The predicted molar refractivity (Wildman–Crippen MR) is 247 cm³/mol. The number of amides is 2. The molecule has 0 bridgehead atoms. The van der Waals surface area contributed by atoms with Crippen molar-refractivity contribution < 1.29 is 57.1 Å². The number of esters is 2. The Labute approximate surface area is 397 Å². The van der Waals surface area contributed by atoms with Crippen molar-refractivity contribution in [1.82, 2.24) is 30.0 Å². The van der Waals surface area contributed by atoms with E-state index in [9.17, 15) is 19.2 Å². The fourth-order valence-electron chi connectivity index (χ4n) is 9.39. The van der Waals surface area contributed by atoms with E-state index in [-0.39, 0.29) is 61.0 Å². The van der Waals surface area contributed by atoms with Crippen molar-refractivity contribution in [2.45, 2.75) is 91.8 Å². The zero-order valence-corrected chi connectivity index (χ0v) is 40.5. The Balaban J connectivity index is 0.811. The van der Waals surface area contributed by atoms with Crippen LogP contribution in [-0.4, -0.2) is 146 Å². The highest BCUT2D eigenvalue weighted by Gasteiger charge is 2.43. The molecule has 2 aromatic carbocycles. The number of ether oxygens (including phenoxy) is 8. The second-order valence-electron chi connectivity index (χ2n) is 16.8. The van der Waals surface area contributed by atoms with Crippen LogP contribution in [0, 0.1) is 11.8 Å². The summed E-state index contributed by atoms with van der Waals surface area (Å²) in [5.74, 6) is -1.07. The van der Waals surface area contributed by atoms with Crippen molar-refractivity contribution in [3.8, 4) is 0 Å². The van der Waals surface area contributed by atoms with Crippen molar-refractivity contribution in [3.05, 3.63) is 82.4 Å². The summed E-state index contributed by atoms with van der Waals surface area (Å²) in [7, 11) is 2.69. The number of carbonyl (C=O) groups excluding carboxylic acids is 4. The minimum Gasteiger partial charge on any atom is -0.465 e. The molecule has 0 aliphatic carbocycles. The van der Waals surface area contributed by atoms with Gasteiger partial charge in [0, 0.05) is 60.3 Å². The summed E-state index contributed by atoms with van der Waals surface area (Å²) in [6, 6.07) is 9.88. The lowest BCUT2D eigenvalue weighted by atomic mass is 9.80. The number of nitrogens with zero attached hydrogens (tertiary/aromatic N) is 8. The third-order valence-electron chi connectivity index (χ3n) is 12.5. The zero-order chi connectivity index (χ0) is 48.7. The van der Waals surface area contributed by atoms with Crippen LogP contribution in [0.25, 0.3) is 0 Å². The highest BCUT2D eigenvalue weighted by molar-refractivity contribution is 5.97. The Hall–Kier alpha value is -5.64. The maximum absolute atomic E-state index is 12.8. The van der Waals surface area contributed by atoms with E-state index >= 15 is 0 Å². The van der Waals surface area contributed by atoms with E-state index in [1.165, 1.54) is 14.2 Å². The highest BCUT2D eigenvalue weighted by atomic mass is 16.6.